The number of benzene rings is 3. The summed E-state index contributed by atoms with van der Waals surface area (Å²) in [5.74, 6) is 0.645. The number of aryl methyl sites for hydroxylation is 6. The molecule has 3 aromatic carbocycles. The van der Waals surface area contributed by atoms with Crippen LogP contribution >= 0.6 is 23.2 Å². The SMILES string of the molecule is Cc1cc(OCCCc2c3n(c4c(-c5c(C)nn(C)c5C)c(Cl)ccc24)[C@H](C)CN(c2cn(C)c4cc(S(C)(=O)=O)ccc24)C3=O)cc(C)c1Cl. The van der Waals surface area contributed by atoms with Crippen molar-refractivity contribution in [1.82, 2.24) is 18.9 Å². The van der Waals surface area contributed by atoms with Gasteiger partial charge in [0.05, 0.1) is 38.9 Å². The standard InChI is InChI=1S/C39H41Cl2N5O4S/c1-21-16-26(17-22(2)36(21)41)50-15-9-10-28-29-13-14-31(40)35(34-24(4)42-44(7)25(34)5)37(29)46-23(3)19-45(39(47)38(28)46)33-20-43(6)32-18-27(51(8,48)49)11-12-30(32)33/h11-14,16-18,20,23H,9-10,15,19H2,1-8H3/t23-/m1/s1. The first kappa shape index (κ1) is 35.2. The first-order valence-electron chi connectivity index (χ1n) is 16.9. The van der Waals surface area contributed by atoms with Crippen molar-refractivity contribution in [3.63, 3.8) is 0 Å². The molecule has 0 aliphatic carbocycles. The van der Waals surface area contributed by atoms with Gasteiger partial charge in [-0.25, -0.2) is 8.42 Å². The lowest BCUT2D eigenvalue weighted by Crippen LogP contribution is -2.42. The number of fused-ring (bicyclic) bond motifs is 4. The highest BCUT2D eigenvalue weighted by molar-refractivity contribution is 7.90. The lowest BCUT2D eigenvalue weighted by atomic mass is 9.98. The Morgan fingerprint density at radius 2 is 1.65 bits per heavy atom. The van der Waals surface area contributed by atoms with Gasteiger partial charge < -0.3 is 18.8 Å². The number of ether oxygens (including phenoxy) is 1. The highest BCUT2D eigenvalue weighted by atomic mass is 35.5. The van der Waals surface area contributed by atoms with Gasteiger partial charge in [0.2, 0.25) is 0 Å². The average Bonchev–Trinajstić information content (AvgIpc) is 3.67. The van der Waals surface area contributed by atoms with Gasteiger partial charge in [-0.1, -0.05) is 29.3 Å². The molecule has 0 spiro atoms. The van der Waals surface area contributed by atoms with E-state index in [-0.39, 0.29) is 16.8 Å². The fraction of sp³-hybridized carbons (Fsp3) is 0.333. The van der Waals surface area contributed by atoms with Crippen molar-refractivity contribution in [1.29, 1.82) is 0 Å². The van der Waals surface area contributed by atoms with E-state index in [0.717, 1.165) is 77.5 Å². The third-order valence-electron chi connectivity index (χ3n) is 10.2. The number of nitrogens with zero attached hydrogens (tertiary/aromatic N) is 5. The Bertz CT molecular complexity index is 2500. The molecule has 0 saturated heterocycles. The predicted molar refractivity (Wildman–Crippen MR) is 206 cm³/mol. The quantitative estimate of drug-likeness (QED) is 0.145. The van der Waals surface area contributed by atoms with Gasteiger partial charge >= 0.3 is 0 Å². The maximum Gasteiger partial charge on any atom is 0.275 e. The Morgan fingerprint density at radius 3 is 2.29 bits per heavy atom. The fourth-order valence-electron chi connectivity index (χ4n) is 7.73. The van der Waals surface area contributed by atoms with E-state index in [9.17, 15) is 13.2 Å². The Hall–Kier alpha value is -4.25. The van der Waals surface area contributed by atoms with E-state index in [4.69, 9.17) is 33.0 Å². The van der Waals surface area contributed by atoms with Crippen LogP contribution in [0.3, 0.4) is 0 Å². The second-order valence-electron chi connectivity index (χ2n) is 13.8. The zero-order chi connectivity index (χ0) is 36.7. The van der Waals surface area contributed by atoms with E-state index in [1.165, 1.54) is 6.26 Å². The summed E-state index contributed by atoms with van der Waals surface area (Å²) in [5.41, 5.74) is 9.58. The Kier molecular flexibility index (Phi) is 8.80. The molecule has 9 nitrogen and oxygen atoms in total. The van der Waals surface area contributed by atoms with Crippen LogP contribution in [0.2, 0.25) is 10.0 Å². The summed E-state index contributed by atoms with van der Waals surface area (Å²) in [6.07, 6.45) is 4.37. The van der Waals surface area contributed by atoms with E-state index < -0.39 is 9.84 Å². The van der Waals surface area contributed by atoms with Gasteiger partial charge in [0.1, 0.15) is 11.4 Å². The zero-order valence-corrected chi connectivity index (χ0v) is 32.4. The van der Waals surface area contributed by atoms with Gasteiger partial charge in [-0.05, 0) is 101 Å². The molecule has 1 atom stereocenters. The molecule has 3 aromatic heterocycles. The van der Waals surface area contributed by atoms with E-state index in [1.54, 1.807) is 18.2 Å². The minimum Gasteiger partial charge on any atom is -0.494 e. The van der Waals surface area contributed by atoms with Crippen LogP contribution in [0.25, 0.3) is 32.9 Å². The maximum absolute atomic E-state index is 15.0. The van der Waals surface area contributed by atoms with E-state index in [2.05, 4.69) is 11.5 Å². The second-order valence-corrected chi connectivity index (χ2v) is 16.7. The number of rotatable bonds is 8. The summed E-state index contributed by atoms with van der Waals surface area (Å²) >= 11 is 13.5. The zero-order valence-electron chi connectivity index (χ0n) is 30.1. The normalized spacial score (nSPS) is 15.0. The maximum atomic E-state index is 15.0. The molecule has 0 saturated carbocycles. The van der Waals surface area contributed by atoms with Crippen molar-refractivity contribution in [3.05, 3.63) is 92.5 Å². The van der Waals surface area contributed by atoms with Crippen molar-refractivity contribution in [2.75, 3.05) is 24.3 Å². The second kappa shape index (κ2) is 12.8. The van der Waals surface area contributed by atoms with Gasteiger partial charge in [-0.15, -0.1) is 0 Å². The smallest absolute Gasteiger partial charge is 0.275 e. The third-order valence-corrected chi connectivity index (χ3v) is 12.2. The van der Waals surface area contributed by atoms with E-state index in [0.29, 0.717) is 36.7 Å². The lowest BCUT2D eigenvalue weighted by molar-refractivity contribution is 0.0957. The molecule has 4 heterocycles. The Balaban J connectivity index is 1.37. The highest BCUT2D eigenvalue weighted by Crippen LogP contribution is 2.45. The number of carbonyl (C=O) groups excluding carboxylic acids is 1. The summed E-state index contributed by atoms with van der Waals surface area (Å²) in [6, 6.07) is 12.8. The average molecular weight is 747 g/mol. The molecule has 0 bridgehead atoms. The van der Waals surface area contributed by atoms with Crippen LogP contribution in [0.1, 0.15) is 58.0 Å². The van der Waals surface area contributed by atoms with Crippen LogP contribution in [0.15, 0.2) is 53.6 Å². The molecule has 1 aliphatic rings. The fourth-order valence-corrected chi connectivity index (χ4v) is 8.72. The number of sulfone groups is 1. The number of halogens is 2. The number of amides is 1. The highest BCUT2D eigenvalue weighted by Gasteiger charge is 2.37. The minimum atomic E-state index is -3.41. The van der Waals surface area contributed by atoms with E-state index >= 15 is 0 Å². The van der Waals surface area contributed by atoms with Crippen LogP contribution in [0.4, 0.5) is 5.69 Å². The van der Waals surface area contributed by atoms with Gasteiger partial charge in [0, 0.05) is 71.8 Å². The minimum absolute atomic E-state index is 0.120. The van der Waals surface area contributed by atoms with Crippen LogP contribution < -0.4 is 9.64 Å². The van der Waals surface area contributed by atoms with Crippen LogP contribution in [-0.4, -0.2) is 52.6 Å². The van der Waals surface area contributed by atoms with Gasteiger partial charge in [0.25, 0.3) is 5.91 Å². The largest absolute Gasteiger partial charge is 0.494 e. The number of carbonyl (C=O) groups is 1. The molecule has 6 aromatic rings. The van der Waals surface area contributed by atoms with Gasteiger partial charge in [-0.2, -0.15) is 5.10 Å². The summed E-state index contributed by atoms with van der Waals surface area (Å²) in [4.78, 5) is 17.0. The van der Waals surface area contributed by atoms with Crippen LogP contribution in [-0.2, 0) is 30.4 Å². The summed E-state index contributed by atoms with van der Waals surface area (Å²) in [7, 11) is 0.389. The molecule has 1 amide bonds. The Morgan fingerprint density at radius 1 is 0.961 bits per heavy atom. The number of hydrogen-bond acceptors (Lipinski definition) is 5. The molecule has 12 heteroatoms. The summed E-state index contributed by atoms with van der Waals surface area (Å²) < 4.78 is 36.9. The summed E-state index contributed by atoms with van der Waals surface area (Å²) in [5, 5.41) is 7.83. The molecule has 266 valence electrons. The molecule has 0 unspecified atom stereocenters. The van der Waals surface area contributed by atoms with Gasteiger partial charge in [0.15, 0.2) is 9.84 Å². The first-order chi connectivity index (χ1) is 24.1. The van der Waals surface area contributed by atoms with Crippen molar-refractivity contribution in [2.24, 2.45) is 14.1 Å². The number of aromatic nitrogens is 4. The molecule has 7 rings (SSSR count). The molecule has 0 radical (unpaired) electrons. The molecular weight excluding hydrogens is 705 g/mol. The number of anilines is 1. The molecule has 51 heavy (non-hydrogen) atoms. The van der Waals surface area contributed by atoms with Crippen LogP contribution in [0.5, 0.6) is 5.75 Å². The topological polar surface area (TPSA) is 91.4 Å². The predicted octanol–water partition coefficient (Wildman–Crippen LogP) is 8.71. The molecule has 0 fully saturated rings. The number of hydrogen-bond donors (Lipinski definition) is 0. The first-order valence-corrected chi connectivity index (χ1v) is 19.6. The molecule has 0 N–H and O–H groups in total. The third kappa shape index (κ3) is 5.81. The molecular formula is C39H41Cl2N5O4S. The monoisotopic (exact) mass is 745 g/mol. The van der Waals surface area contributed by atoms with E-state index in [1.807, 2.05) is 86.4 Å². The Labute approximate surface area is 308 Å². The van der Waals surface area contributed by atoms with Crippen molar-refractivity contribution >= 4 is 66.4 Å². The molecule has 1 aliphatic heterocycles. The van der Waals surface area contributed by atoms with Crippen molar-refractivity contribution < 1.29 is 17.9 Å². The van der Waals surface area contributed by atoms with Crippen molar-refractivity contribution in [2.45, 2.75) is 58.4 Å². The van der Waals surface area contributed by atoms with Crippen molar-refractivity contribution in [3.8, 4) is 16.9 Å². The van der Waals surface area contributed by atoms with Crippen LogP contribution in [0, 0.1) is 27.7 Å². The lowest BCUT2D eigenvalue weighted by Gasteiger charge is -2.34. The van der Waals surface area contributed by atoms with Gasteiger partial charge in [-0.3, -0.25) is 9.48 Å². The summed E-state index contributed by atoms with van der Waals surface area (Å²) in [6.45, 7) is 11.0.